The maximum Gasteiger partial charge on any atom is 0.232 e. The summed E-state index contributed by atoms with van der Waals surface area (Å²) in [5, 5.41) is 17.9. The second kappa shape index (κ2) is 8.97. The van der Waals surface area contributed by atoms with Gasteiger partial charge in [0.05, 0.1) is 17.8 Å². The molecule has 0 spiro atoms. The molecule has 4 heterocycles. The van der Waals surface area contributed by atoms with Crippen LogP contribution in [0.3, 0.4) is 0 Å². The van der Waals surface area contributed by atoms with Crippen molar-refractivity contribution in [3.8, 4) is 11.3 Å². The van der Waals surface area contributed by atoms with E-state index in [1.54, 1.807) is 4.68 Å². The van der Waals surface area contributed by atoms with Crippen LogP contribution in [0.4, 0.5) is 11.5 Å². The van der Waals surface area contributed by atoms with Gasteiger partial charge in [0.15, 0.2) is 5.82 Å². The Balaban J connectivity index is 1.10. The number of aromatic nitrogens is 4. The molecule has 34 heavy (non-hydrogen) atoms. The lowest BCUT2D eigenvalue weighted by Gasteiger charge is -2.27. The summed E-state index contributed by atoms with van der Waals surface area (Å²) >= 11 is 0. The molecule has 0 amide bonds. The number of benzene rings is 1. The Morgan fingerprint density at radius 2 is 1.91 bits per heavy atom. The number of hydrogen-bond acceptors (Lipinski definition) is 6. The number of ether oxygens (including phenoxy) is 1. The molecule has 1 N–H and O–H groups in total. The summed E-state index contributed by atoms with van der Waals surface area (Å²) in [6.07, 6.45) is 6.70. The fraction of sp³-hybridized carbons (Fsp3) is 0.538. The molecule has 3 aromatic rings. The number of nitrogens with zero attached hydrogens (tertiary/aromatic N) is 6. The van der Waals surface area contributed by atoms with Crippen LogP contribution in [0.15, 0.2) is 30.5 Å². The van der Waals surface area contributed by atoms with Gasteiger partial charge in [0.1, 0.15) is 0 Å². The number of aryl methyl sites for hydroxylation is 1. The van der Waals surface area contributed by atoms with Crippen molar-refractivity contribution in [1.82, 2.24) is 24.9 Å². The molecule has 6 rings (SSSR count). The maximum atomic E-state index is 7.72. The molecule has 1 unspecified atom stereocenters. The SMILES string of the molecule is [C-]#[N+]c1cc(-c2ccc3nn(C)cc3c2)nnc1NC1C[C@@H]2CN(CC3CCOCC3)C[C@@H]2C1. The summed E-state index contributed by atoms with van der Waals surface area (Å²) in [6, 6.07) is 8.25. The highest BCUT2D eigenvalue weighted by Gasteiger charge is 2.41. The Bertz CT molecular complexity index is 1210. The van der Waals surface area contributed by atoms with Crippen LogP contribution in [-0.2, 0) is 11.8 Å². The average Bonchev–Trinajstić information content (AvgIpc) is 3.51. The summed E-state index contributed by atoms with van der Waals surface area (Å²) in [5.41, 5.74) is 3.15. The molecule has 1 aromatic carbocycles. The minimum Gasteiger partial charge on any atom is -0.381 e. The summed E-state index contributed by atoms with van der Waals surface area (Å²) < 4.78 is 7.32. The van der Waals surface area contributed by atoms with E-state index in [-0.39, 0.29) is 0 Å². The molecular formula is C26H31N7O. The Morgan fingerprint density at radius 1 is 1.12 bits per heavy atom. The van der Waals surface area contributed by atoms with E-state index in [2.05, 4.69) is 36.4 Å². The zero-order valence-corrected chi connectivity index (χ0v) is 19.7. The van der Waals surface area contributed by atoms with Gasteiger partial charge in [-0.2, -0.15) is 10.2 Å². The predicted octanol–water partition coefficient (Wildman–Crippen LogP) is 4.13. The van der Waals surface area contributed by atoms with Gasteiger partial charge in [0.25, 0.3) is 0 Å². The molecule has 3 fully saturated rings. The lowest BCUT2D eigenvalue weighted by atomic mass is 10.00. The fourth-order valence-corrected chi connectivity index (χ4v) is 6.17. The minimum atomic E-state index is 0.368. The lowest BCUT2D eigenvalue weighted by Crippen LogP contribution is -2.32. The topological polar surface area (TPSA) is 72.5 Å². The summed E-state index contributed by atoms with van der Waals surface area (Å²) in [6.45, 7) is 13.2. The molecule has 1 aliphatic carbocycles. The third-order valence-corrected chi connectivity index (χ3v) is 7.83. The monoisotopic (exact) mass is 457 g/mol. The Hall–Kier alpha value is -3.02. The van der Waals surface area contributed by atoms with Crippen LogP contribution in [0.1, 0.15) is 25.7 Å². The average molecular weight is 458 g/mol. The number of nitrogens with one attached hydrogen (secondary N) is 1. The Morgan fingerprint density at radius 3 is 2.68 bits per heavy atom. The first-order valence-electron chi connectivity index (χ1n) is 12.4. The first kappa shape index (κ1) is 21.5. The Kier molecular flexibility index (Phi) is 5.67. The molecular weight excluding hydrogens is 426 g/mol. The van der Waals surface area contributed by atoms with Crippen molar-refractivity contribution >= 4 is 22.4 Å². The third kappa shape index (κ3) is 4.26. The van der Waals surface area contributed by atoms with Gasteiger partial charge in [-0.05, 0) is 61.6 Å². The Labute approximate surface area is 200 Å². The number of fused-ring (bicyclic) bond motifs is 2. The van der Waals surface area contributed by atoms with Crippen molar-refractivity contribution in [2.24, 2.45) is 24.8 Å². The van der Waals surface area contributed by atoms with E-state index < -0.39 is 0 Å². The molecule has 0 radical (unpaired) electrons. The third-order valence-electron chi connectivity index (χ3n) is 7.83. The highest BCUT2D eigenvalue weighted by atomic mass is 16.5. The van der Waals surface area contributed by atoms with Gasteiger partial charge in [0, 0.05) is 63.1 Å². The number of rotatable bonds is 5. The second-order valence-corrected chi connectivity index (χ2v) is 10.3. The fourth-order valence-electron chi connectivity index (χ4n) is 6.17. The molecule has 176 valence electrons. The van der Waals surface area contributed by atoms with Gasteiger partial charge in [-0.3, -0.25) is 4.68 Å². The minimum absolute atomic E-state index is 0.368. The van der Waals surface area contributed by atoms with E-state index in [0.29, 0.717) is 23.2 Å². The molecule has 3 aliphatic rings. The van der Waals surface area contributed by atoms with Gasteiger partial charge in [-0.15, -0.1) is 5.10 Å². The highest BCUT2D eigenvalue weighted by Crippen LogP contribution is 2.40. The summed E-state index contributed by atoms with van der Waals surface area (Å²) in [4.78, 5) is 6.44. The first-order valence-corrected chi connectivity index (χ1v) is 12.4. The van der Waals surface area contributed by atoms with Crippen molar-refractivity contribution < 1.29 is 4.74 Å². The van der Waals surface area contributed by atoms with Crippen LogP contribution in [-0.4, -0.2) is 63.8 Å². The zero-order valence-electron chi connectivity index (χ0n) is 19.7. The van der Waals surface area contributed by atoms with E-state index in [9.17, 15) is 0 Å². The van der Waals surface area contributed by atoms with E-state index in [0.717, 1.165) is 60.3 Å². The number of anilines is 1. The molecule has 3 atom stereocenters. The quantitative estimate of drug-likeness (QED) is 0.581. The van der Waals surface area contributed by atoms with E-state index in [1.807, 2.05) is 31.4 Å². The second-order valence-electron chi connectivity index (χ2n) is 10.3. The molecule has 0 bridgehead atoms. The summed E-state index contributed by atoms with van der Waals surface area (Å²) in [5.74, 6) is 2.90. The van der Waals surface area contributed by atoms with Crippen molar-refractivity contribution in [2.45, 2.75) is 31.7 Å². The largest absolute Gasteiger partial charge is 0.381 e. The van der Waals surface area contributed by atoms with E-state index in [4.69, 9.17) is 11.3 Å². The molecule has 8 heteroatoms. The molecule has 1 saturated carbocycles. The van der Waals surface area contributed by atoms with Crippen LogP contribution in [0.2, 0.25) is 0 Å². The van der Waals surface area contributed by atoms with E-state index in [1.165, 1.54) is 32.5 Å². The van der Waals surface area contributed by atoms with Gasteiger partial charge in [-0.1, -0.05) is 6.07 Å². The molecule has 2 aromatic heterocycles. The van der Waals surface area contributed by atoms with Crippen LogP contribution in [0.25, 0.3) is 27.0 Å². The van der Waals surface area contributed by atoms with Crippen LogP contribution in [0, 0.1) is 24.3 Å². The maximum absolute atomic E-state index is 7.72. The first-order chi connectivity index (χ1) is 16.6. The van der Waals surface area contributed by atoms with Crippen LogP contribution < -0.4 is 5.32 Å². The van der Waals surface area contributed by atoms with Gasteiger partial charge in [-0.25, -0.2) is 4.85 Å². The van der Waals surface area contributed by atoms with Crippen molar-refractivity contribution in [2.75, 3.05) is 38.2 Å². The van der Waals surface area contributed by atoms with Crippen molar-refractivity contribution in [1.29, 1.82) is 0 Å². The van der Waals surface area contributed by atoms with Crippen molar-refractivity contribution in [3.63, 3.8) is 0 Å². The highest BCUT2D eigenvalue weighted by molar-refractivity contribution is 5.84. The zero-order chi connectivity index (χ0) is 23.1. The standard InChI is InChI=1S/C26H31N7O/c1-27-25-12-24(18-3-4-23-21(9-18)14-32(2)31-23)29-30-26(25)28-22-10-19-15-33(16-20(19)11-22)13-17-5-7-34-8-6-17/h3-4,9,12,14,17,19-20,22H,5-8,10-11,13,15-16H2,2H3,(H,28,30)/t19-,20+,22?. The normalized spacial score (nSPS) is 25.5. The smallest absolute Gasteiger partial charge is 0.232 e. The molecule has 2 aliphatic heterocycles. The van der Waals surface area contributed by atoms with Gasteiger partial charge >= 0.3 is 0 Å². The van der Waals surface area contributed by atoms with Gasteiger partial charge in [0.2, 0.25) is 5.69 Å². The van der Waals surface area contributed by atoms with Crippen LogP contribution >= 0.6 is 0 Å². The predicted molar refractivity (Wildman–Crippen MR) is 132 cm³/mol. The molecule has 8 nitrogen and oxygen atoms in total. The lowest BCUT2D eigenvalue weighted by molar-refractivity contribution is 0.0545. The van der Waals surface area contributed by atoms with Crippen LogP contribution in [0.5, 0.6) is 0 Å². The molecule has 2 saturated heterocycles. The van der Waals surface area contributed by atoms with E-state index >= 15 is 0 Å². The van der Waals surface area contributed by atoms with Crippen molar-refractivity contribution in [3.05, 3.63) is 41.9 Å². The number of hydrogen-bond donors (Lipinski definition) is 1. The number of likely N-dealkylation sites (tertiary alicyclic amines) is 1. The van der Waals surface area contributed by atoms with Gasteiger partial charge < -0.3 is 15.0 Å². The summed E-state index contributed by atoms with van der Waals surface area (Å²) in [7, 11) is 1.91.